The van der Waals surface area contributed by atoms with E-state index < -0.39 is 11.7 Å². The van der Waals surface area contributed by atoms with Crippen LogP contribution >= 0.6 is 11.8 Å². The molecule has 1 saturated heterocycles. The van der Waals surface area contributed by atoms with E-state index in [4.69, 9.17) is 0 Å². The first kappa shape index (κ1) is 13.5. The van der Waals surface area contributed by atoms with Crippen molar-refractivity contribution in [2.24, 2.45) is 0 Å². The van der Waals surface area contributed by atoms with Gasteiger partial charge < -0.3 is 0 Å². The zero-order valence-electron chi connectivity index (χ0n) is 9.67. The predicted octanol–water partition coefficient (Wildman–Crippen LogP) is 4.17. The van der Waals surface area contributed by atoms with Crippen molar-refractivity contribution in [3.63, 3.8) is 0 Å². The number of halogens is 3. The number of hydrogen-bond acceptors (Lipinski definition) is 2. The highest BCUT2D eigenvalue weighted by Gasteiger charge is 2.36. The maximum absolute atomic E-state index is 12.8. The summed E-state index contributed by atoms with van der Waals surface area (Å²) in [7, 11) is 0. The van der Waals surface area contributed by atoms with Gasteiger partial charge in [0.2, 0.25) is 0 Å². The largest absolute Gasteiger partial charge is 0.417 e. The van der Waals surface area contributed by atoms with E-state index in [1.165, 1.54) is 30.0 Å². The van der Waals surface area contributed by atoms with Crippen molar-refractivity contribution in [3.05, 3.63) is 35.4 Å². The molecule has 2 rings (SSSR count). The number of carbonyl (C=O) groups is 1. The minimum atomic E-state index is -4.47. The van der Waals surface area contributed by atoms with E-state index in [1.807, 2.05) is 0 Å². The summed E-state index contributed by atoms with van der Waals surface area (Å²) in [5.41, 5.74) is -1.01. The summed E-state index contributed by atoms with van der Waals surface area (Å²) in [5, 5.41) is -0.317. The number of rotatable bonds is 2. The molecule has 0 N–H and O–H groups in total. The molecule has 5 heteroatoms. The van der Waals surface area contributed by atoms with Gasteiger partial charge in [0.15, 0.2) is 5.78 Å². The van der Waals surface area contributed by atoms with Crippen LogP contribution in [0.1, 0.15) is 35.2 Å². The van der Waals surface area contributed by atoms with Crippen LogP contribution in [-0.4, -0.2) is 16.8 Å². The van der Waals surface area contributed by atoms with Crippen molar-refractivity contribution in [2.75, 3.05) is 5.75 Å². The Balaban J connectivity index is 2.30. The van der Waals surface area contributed by atoms with Gasteiger partial charge in [-0.1, -0.05) is 24.6 Å². The molecule has 1 nitrogen and oxygen atoms in total. The van der Waals surface area contributed by atoms with Gasteiger partial charge >= 0.3 is 6.18 Å². The van der Waals surface area contributed by atoms with E-state index in [0.29, 0.717) is 6.42 Å². The highest BCUT2D eigenvalue weighted by Crippen LogP contribution is 2.35. The van der Waals surface area contributed by atoms with Gasteiger partial charge in [-0.3, -0.25) is 4.79 Å². The lowest BCUT2D eigenvalue weighted by atomic mass is 9.98. The van der Waals surface area contributed by atoms with Gasteiger partial charge in [0.1, 0.15) is 0 Å². The molecule has 1 heterocycles. The van der Waals surface area contributed by atoms with Crippen molar-refractivity contribution in [1.29, 1.82) is 0 Å². The highest BCUT2D eigenvalue weighted by atomic mass is 32.2. The number of benzene rings is 1. The fourth-order valence-electron chi connectivity index (χ4n) is 2.07. The SMILES string of the molecule is O=C(c1ccccc1C(F)(F)F)C1CCCCS1. The van der Waals surface area contributed by atoms with Crippen LogP contribution in [-0.2, 0) is 6.18 Å². The quantitative estimate of drug-likeness (QED) is 0.753. The molecule has 1 fully saturated rings. The van der Waals surface area contributed by atoms with E-state index in [-0.39, 0.29) is 16.6 Å². The van der Waals surface area contributed by atoms with Crippen molar-refractivity contribution in [3.8, 4) is 0 Å². The normalized spacial score (nSPS) is 20.7. The second-order valence-electron chi connectivity index (χ2n) is 4.26. The first-order chi connectivity index (χ1) is 8.50. The summed E-state index contributed by atoms with van der Waals surface area (Å²) < 4.78 is 38.5. The number of Topliss-reactive ketones (excluding diaryl/α,β-unsaturated/α-hetero) is 1. The lowest BCUT2D eigenvalue weighted by Gasteiger charge is -2.21. The van der Waals surface area contributed by atoms with E-state index in [9.17, 15) is 18.0 Å². The number of alkyl halides is 3. The molecule has 1 atom stereocenters. The van der Waals surface area contributed by atoms with Crippen LogP contribution < -0.4 is 0 Å². The van der Waals surface area contributed by atoms with Crippen LogP contribution in [0.2, 0.25) is 0 Å². The summed E-state index contributed by atoms with van der Waals surface area (Å²) in [6.07, 6.45) is -1.84. The fraction of sp³-hybridized carbons (Fsp3) is 0.462. The Kier molecular flexibility index (Phi) is 4.00. The third-order valence-electron chi connectivity index (χ3n) is 2.97. The Labute approximate surface area is 108 Å². The average Bonchev–Trinajstić information content (AvgIpc) is 2.38. The van der Waals surface area contributed by atoms with E-state index in [0.717, 1.165) is 24.7 Å². The Bertz CT molecular complexity index is 436. The number of ketones is 1. The third-order valence-corrected chi connectivity index (χ3v) is 4.35. The molecule has 0 amide bonds. The van der Waals surface area contributed by atoms with Crippen LogP contribution in [0.4, 0.5) is 13.2 Å². The Morgan fingerprint density at radius 2 is 1.94 bits per heavy atom. The van der Waals surface area contributed by atoms with Crippen LogP contribution in [0.25, 0.3) is 0 Å². The monoisotopic (exact) mass is 274 g/mol. The average molecular weight is 274 g/mol. The van der Waals surface area contributed by atoms with Gasteiger partial charge in [0.05, 0.1) is 10.8 Å². The standard InChI is InChI=1S/C13H13F3OS/c14-13(15,16)10-6-2-1-5-9(10)12(17)11-7-3-4-8-18-11/h1-2,5-6,11H,3-4,7-8H2. The third kappa shape index (κ3) is 2.88. The van der Waals surface area contributed by atoms with Gasteiger partial charge in [-0.25, -0.2) is 0 Å². The second-order valence-corrected chi connectivity index (χ2v) is 5.57. The molecule has 0 spiro atoms. The van der Waals surface area contributed by atoms with E-state index in [2.05, 4.69) is 0 Å². The summed E-state index contributed by atoms with van der Waals surface area (Å²) in [6, 6.07) is 5.05. The van der Waals surface area contributed by atoms with E-state index in [1.54, 1.807) is 0 Å². The minimum absolute atomic E-state index is 0.190. The van der Waals surface area contributed by atoms with Crippen LogP contribution in [0.5, 0.6) is 0 Å². The first-order valence-corrected chi connectivity index (χ1v) is 6.87. The van der Waals surface area contributed by atoms with Crippen molar-refractivity contribution in [1.82, 2.24) is 0 Å². The van der Waals surface area contributed by atoms with Gasteiger partial charge in [0, 0.05) is 5.56 Å². The molecule has 98 valence electrons. The van der Waals surface area contributed by atoms with Crippen molar-refractivity contribution < 1.29 is 18.0 Å². The lowest BCUT2D eigenvalue weighted by Crippen LogP contribution is -2.24. The zero-order valence-corrected chi connectivity index (χ0v) is 10.5. The smallest absolute Gasteiger partial charge is 0.293 e. The molecule has 1 aliphatic heterocycles. The minimum Gasteiger partial charge on any atom is -0.293 e. The Hall–Kier alpha value is -0.970. The summed E-state index contributed by atoms with van der Waals surface area (Å²) in [4.78, 5) is 12.1. The van der Waals surface area contributed by atoms with Crippen LogP contribution in [0.15, 0.2) is 24.3 Å². The Morgan fingerprint density at radius 3 is 2.56 bits per heavy atom. The summed E-state index contributed by atoms with van der Waals surface area (Å²) >= 11 is 1.47. The fourth-order valence-corrected chi connectivity index (χ4v) is 3.33. The molecule has 1 aliphatic rings. The zero-order chi connectivity index (χ0) is 13.2. The first-order valence-electron chi connectivity index (χ1n) is 5.82. The van der Waals surface area contributed by atoms with Crippen LogP contribution in [0.3, 0.4) is 0 Å². The second kappa shape index (κ2) is 5.34. The maximum Gasteiger partial charge on any atom is 0.417 e. The molecule has 0 radical (unpaired) electrons. The van der Waals surface area contributed by atoms with Gasteiger partial charge in [-0.05, 0) is 24.7 Å². The van der Waals surface area contributed by atoms with Crippen molar-refractivity contribution in [2.45, 2.75) is 30.7 Å². The van der Waals surface area contributed by atoms with Crippen molar-refractivity contribution >= 4 is 17.5 Å². The molecule has 1 aromatic carbocycles. The molecule has 18 heavy (non-hydrogen) atoms. The molecular weight excluding hydrogens is 261 g/mol. The molecule has 1 unspecified atom stereocenters. The molecule has 0 bridgehead atoms. The molecule has 0 aromatic heterocycles. The van der Waals surface area contributed by atoms with Gasteiger partial charge in [-0.15, -0.1) is 0 Å². The number of carbonyl (C=O) groups excluding carboxylic acids is 1. The molecular formula is C13H13F3OS. The highest BCUT2D eigenvalue weighted by molar-refractivity contribution is 8.00. The predicted molar refractivity (Wildman–Crippen MR) is 65.9 cm³/mol. The van der Waals surface area contributed by atoms with Gasteiger partial charge in [0.25, 0.3) is 0 Å². The topological polar surface area (TPSA) is 17.1 Å². The molecule has 0 aliphatic carbocycles. The van der Waals surface area contributed by atoms with E-state index >= 15 is 0 Å². The summed E-state index contributed by atoms with van der Waals surface area (Å²) in [5.74, 6) is 0.470. The molecule has 1 aromatic rings. The number of hydrogen-bond donors (Lipinski definition) is 0. The number of thioether (sulfide) groups is 1. The summed E-state index contributed by atoms with van der Waals surface area (Å²) in [6.45, 7) is 0. The van der Waals surface area contributed by atoms with Gasteiger partial charge in [-0.2, -0.15) is 24.9 Å². The maximum atomic E-state index is 12.8. The lowest BCUT2D eigenvalue weighted by molar-refractivity contribution is -0.137. The van der Waals surface area contributed by atoms with Crippen LogP contribution in [0, 0.1) is 0 Å². The molecule has 0 saturated carbocycles. The Morgan fingerprint density at radius 1 is 1.22 bits per heavy atom.